The molecule has 1 fully saturated rings. The summed E-state index contributed by atoms with van der Waals surface area (Å²) < 4.78 is 0. The van der Waals surface area contributed by atoms with Gasteiger partial charge in [0.05, 0.1) is 0 Å². The average Bonchev–Trinajstić information content (AvgIpc) is 2.91. The molecular weight excluding hydrogens is 297 g/mol. The zero-order valence-electron chi connectivity index (χ0n) is 11.3. The molecule has 0 spiro atoms. The van der Waals surface area contributed by atoms with Crippen molar-refractivity contribution in [1.29, 1.82) is 0 Å². The smallest absolute Gasteiger partial charge is 0.0453 e. The monoisotopic (exact) mass is 317 g/mol. The first kappa shape index (κ1) is 15.5. The third-order valence-electron chi connectivity index (χ3n) is 3.68. The van der Waals surface area contributed by atoms with Crippen molar-refractivity contribution < 1.29 is 0 Å². The predicted molar refractivity (Wildman–Crippen MR) is 87.7 cm³/mol. The Hall–Kier alpha value is 0.110. The summed E-state index contributed by atoms with van der Waals surface area (Å²) in [4.78, 5) is 0. The van der Waals surface area contributed by atoms with E-state index in [1.807, 2.05) is 18.2 Å². The summed E-state index contributed by atoms with van der Waals surface area (Å²) in [6.07, 6.45) is 3.39. The molecular formula is C15H21Cl2NS. The van der Waals surface area contributed by atoms with Crippen LogP contribution in [0.5, 0.6) is 0 Å². The number of hydrogen-bond donors (Lipinski definition) is 1. The van der Waals surface area contributed by atoms with Crippen LogP contribution in [0.1, 0.15) is 25.3 Å². The summed E-state index contributed by atoms with van der Waals surface area (Å²) in [6, 6.07) is 6.27. The van der Waals surface area contributed by atoms with Gasteiger partial charge in [-0.05, 0) is 60.9 Å². The molecule has 2 atom stereocenters. The molecule has 1 aliphatic heterocycles. The number of hydrogen-bond acceptors (Lipinski definition) is 2. The Kier molecular flexibility index (Phi) is 6.34. The number of thioether (sulfide) groups is 1. The lowest BCUT2D eigenvalue weighted by Gasteiger charge is -2.25. The van der Waals surface area contributed by atoms with Gasteiger partial charge < -0.3 is 5.32 Å². The second-order valence-electron chi connectivity index (χ2n) is 5.09. The van der Waals surface area contributed by atoms with E-state index in [-0.39, 0.29) is 0 Å². The number of nitrogens with one attached hydrogen (secondary N) is 1. The molecule has 19 heavy (non-hydrogen) atoms. The van der Waals surface area contributed by atoms with E-state index in [9.17, 15) is 0 Å². The van der Waals surface area contributed by atoms with Gasteiger partial charge in [-0.3, -0.25) is 0 Å². The Bertz CT molecular complexity index is 385. The molecule has 0 bridgehead atoms. The van der Waals surface area contributed by atoms with Crippen LogP contribution in [0, 0.1) is 5.92 Å². The van der Waals surface area contributed by atoms with Crippen molar-refractivity contribution in [3.05, 3.63) is 33.8 Å². The fourth-order valence-corrected chi connectivity index (χ4v) is 4.44. The van der Waals surface area contributed by atoms with Crippen LogP contribution in [0.2, 0.25) is 10.0 Å². The molecule has 4 heteroatoms. The molecule has 0 saturated carbocycles. The largest absolute Gasteiger partial charge is 0.313 e. The number of halogens is 2. The molecule has 1 saturated heterocycles. The Morgan fingerprint density at radius 2 is 2.11 bits per heavy atom. The molecule has 106 valence electrons. The van der Waals surface area contributed by atoms with E-state index in [1.165, 1.54) is 17.9 Å². The highest BCUT2D eigenvalue weighted by molar-refractivity contribution is 7.99. The van der Waals surface area contributed by atoms with Crippen LogP contribution >= 0.6 is 35.0 Å². The number of rotatable bonds is 6. The van der Waals surface area contributed by atoms with Crippen molar-refractivity contribution in [2.45, 2.75) is 32.2 Å². The standard InChI is InChI=1S/C15H21Cl2NS/c1-2-7-18-15(11-6-8-19-10-11)9-12-13(16)4-3-5-14(12)17/h3-5,11,15,18H,2,6-10H2,1H3. The van der Waals surface area contributed by atoms with E-state index < -0.39 is 0 Å². The average molecular weight is 318 g/mol. The molecule has 2 rings (SSSR count). The third kappa shape index (κ3) is 4.29. The topological polar surface area (TPSA) is 12.0 Å². The summed E-state index contributed by atoms with van der Waals surface area (Å²) >= 11 is 14.7. The molecule has 1 nitrogen and oxygen atoms in total. The van der Waals surface area contributed by atoms with Gasteiger partial charge in [-0.2, -0.15) is 11.8 Å². The Morgan fingerprint density at radius 1 is 1.37 bits per heavy atom. The van der Waals surface area contributed by atoms with Gasteiger partial charge in [0.15, 0.2) is 0 Å². The molecule has 1 heterocycles. The van der Waals surface area contributed by atoms with Gasteiger partial charge in [0.1, 0.15) is 0 Å². The fraction of sp³-hybridized carbons (Fsp3) is 0.600. The highest BCUT2D eigenvalue weighted by atomic mass is 35.5. The van der Waals surface area contributed by atoms with Gasteiger partial charge in [-0.15, -0.1) is 0 Å². The highest BCUT2D eigenvalue weighted by Crippen LogP contribution is 2.31. The molecule has 0 amide bonds. The van der Waals surface area contributed by atoms with E-state index in [1.54, 1.807) is 0 Å². The molecule has 0 radical (unpaired) electrons. The van der Waals surface area contributed by atoms with Crippen LogP contribution in [-0.2, 0) is 6.42 Å². The van der Waals surface area contributed by atoms with Crippen LogP contribution in [0.25, 0.3) is 0 Å². The summed E-state index contributed by atoms with van der Waals surface area (Å²) in [5.41, 5.74) is 1.09. The van der Waals surface area contributed by atoms with Gasteiger partial charge in [0.25, 0.3) is 0 Å². The van der Waals surface area contributed by atoms with Crippen molar-refractivity contribution in [3.8, 4) is 0 Å². The summed E-state index contributed by atoms with van der Waals surface area (Å²) in [5, 5.41) is 5.27. The third-order valence-corrected chi connectivity index (χ3v) is 5.57. The first-order valence-electron chi connectivity index (χ1n) is 6.96. The van der Waals surface area contributed by atoms with E-state index in [4.69, 9.17) is 23.2 Å². The maximum absolute atomic E-state index is 6.30. The second-order valence-corrected chi connectivity index (χ2v) is 7.05. The van der Waals surface area contributed by atoms with Gasteiger partial charge in [0, 0.05) is 16.1 Å². The molecule has 1 aromatic rings. The Balaban J connectivity index is 2.10. The Morgan fingerprint density at radius 3 is 2.68 bits per heavy atom. The van der Waals surface area contributed by atoms with Crippen LogP contribution in [0.3, 0.4) is 0 Å². The van der Waals surface area contributed by atoms with Gasteiger partial charge in [-0.1, -0.05) is 36.2 Å². The van der Waals surface area contributed by atoms with Crippen molar-refractivity contribution in [2.75, 3.05) is 18.1 Å². The maximum Gasteiger partial charge on any atom is 0.0453 e. The molecule has 2 unspecified atom stereocenters. The highest BCUT2D eigenvalue weighted by Gasteiger charge is 2.26. The molecule has 1 N–H and O–H groups in total. The van der Waals surface area contributed by atoms with E-state index >= 15 is 0 Å². The van der Waals surface area contributed by atoms with E-state index in [2.05, 4.69) is 24.0 Å². The molecule has 1 aliphatic rings. The fourth-order valence-electron chi connectivity index (χ4n) is 2.55. The quantitative estimate of drug-likeness (QED) is 0.819. The molecule has 0 aromatic heterocycles. The van der Waals surface area contributed by atoms with Crippen molar-refractivity contribution >= 4 is 35.0 Å². The minimum Gasteiger partial charge on any atom is -0.313 e. The van der Waals surface area contributed by atoms with Gasteiger partial charge >= 0.3 is 0 Å². The Labute approximate surface area is 130 Å². The predicted octanol–water partition coefficient (Wildman–Crippen LogP) is 4.66. The van der Waals surface area contributed by atoms with Crippen molar-refractivity contribution in [3.63, 3.8) is 0 Å². The maximum atomic E-state index is 6.30. The lowest BCUT2D eigenvalue weighted by atomic mass is 9.92. The zero-order chi connectivity index (χ0) is 13.7. The summed E-state index contributed by atoms with van der Waals surface area (Å²) in [7, 11) is 0. The van der Waals surface area contributed by atoms with Crippen LogP contribution in [-0.4, -0.2) is 24.1 Å². The van der Waals surface area contributed by atoms with Gasteiger partial charge in [0.2, 0.25) is 0 Å². The minimum absolute atomic E-state index is 0.493. The van der Waals surface area contributed by atoms with Gasteiger partial charge in [-0.25, -0.2) is 0 Å². The first-order valence-corrected chi connectivity index (χ1v) is 8.87. The summed E-state index contributed by atoms with van der Waals surface area (Å²) in [5.74, 6) is 3.28. The van der Waals surface area contributed by atoms with Crippen LogP contribution in [0.15, 0.2) is 18.2 Å². The summed E-state index contributed by atoms with van der Waals surface area (Å²) in [6.45, 7) is 3.27. The zero-order valence-corrected chi connectivity index (χ0v) is 13.6. The number of benzene rings is 1. The van der Waals surface area contributed by atoms with Crippen molar-refractivity contribution in [1.82, 2.24) is 5.32 Å². The first-order chi connectivity index (χ1) is 9.22. The van der Waals surface area contributed by atoms with E-state index in [0.717, 1.165) is 40.9 Å². The van der Waals surface area contributed by atoms with Crippen LogP contribution in [0.4, 0.5) is 0 Å². The lowest BCUT2D eigenvalue weighted by Crippen LogP contribution is -2.38. The minimum atomic E-state index is 0.493. The molecule has 1 aromatic carbocycles. The molecule has 0 aliphatic carbocycles. The SMILES string of the molecule is CCCNC(Cc1c(Cl)cccc1Cl)C1CCSC1. The van der Waals surface area contributed by atoms with Crippen LogP contribution < -0.4 is 5.32 Å². The second kappa shape index (κ2) is 7.78. The normalized spacial score (nSPS) is 20.7. The lowest BCUT2D eigenvalue weighted by molar-refractivity contribution is 0.380. The van der Waals surface area contributed by atoms with E-state index in [0.29, 0.717) is 6.04 Å². The van der Waals surface area contributed by atoms with Crippen molar-refractivity contribution in [2.24, 2.45) is 5.92 Å².